The minimum absolute atomic E-state index is 0.278. The highest BCUT2D eigenvalue weighted by Gasteiger charge is 2.28. The molecule has 23 heavy (non-hydrogen) atoms. The summed E-state index contributed by atoms with van der Waals surface area (Å²) >= 11 is 0. The number of unbranched alkanes of at least 4 members (excludes halogenated alkanes) is 5. The molecule has 0 aliphatic heterocycles. The van der Waals surface area contributed by atoms with E-state index in [1.54, 1.807) is 7.11 Å². The molecule has 0 aliphatic rings. The first-order valence-corrected chi connectivity index (χ1v) is 8.74. The molecule has 1 rings (SSSR count). The predicted molar refractivity (Wildman–Crippen MR) is 99.6 cm³/mol. The summed E-state index contributed by atoms with van der Waals surface area (Å²) < 4.78 is 5.25. The monoisotopic (exact) mass is 310 g/mol. The first-order valence-electron chi connectivity index (χ1n) is 8.74. The highest BCUT2D eigenvalue weighted by molar-refractivity contribution is 5.39. The molecule has 124 valence electrons. The van der Waals surface area contributed by atoms with Crippen molar-refractivity contribution in [3.05, 3.63) is 29.8 Å². The number of ether oxygens (including phenoxy) is 1. The van der Waals surface area contributed by atoms with Crippen molar-refractivity contribution in [1.82, 2.24) is 0 Å². The molecule has 0 N–H and O–H groups in total. The third-order valence-electron chi connectivity index (χ3n) is 4.44. The van der Waals surface area contributed by atoms with Gasteiger partial charge in [-0.15, -0.1) is 18.3 Å². The van der Waals surface area contributed by atoms with E-state index in [2.05, 4.69) is 36.8 Å². The largest absolute Gasteiger partial charge is 0.497 e. The molecule has 1 nitrogen and oxygen atoms in total. The van der Waals surface area contributed by atoms with Gasteiger partial charge < -0.3 is 4.74 Å². The van der Waals surface area contributed by atoms with E-state index in [0.717, 1.165) is 25.0 Å². The van der Waals surface area contributed by atoms with Crippen molar-refractivity contribution in [1.29, 1.82) is 0 Å². The Morgan fingerprint density at radius 1 is 1.04 bits per heavy atom. The van der Waals surface area contributed by atoms with Crippen molar-refractivity contribution >= 4 is 0 Å². The van der Waals surface area contributed by atoms with E-state index in [1.165, 1.54) is 37.7 Å². The summed E-state index contributed by atoms with van der Waals surface area (Å²) in [4.78, 5) is 0. The van der Waals surface area contributed by atoms with Gasteiger partial charge in [-0.2, -0.15) is 0 Å². The molecule has 1 unspecified atom stereocenters. The van der Waals surface area contributed by atoms with E-state index in [9.17, 15) is 0 Å². The van der Waals surface area contributed by atoms with Crippen molar-refractivity contribution in [2.45, 2.75) is 70.6 Å². The van der Waals surface area contributed by atoms with Gasteiger partial charge in [0.25, 0.3) is 0 Å². The Balaban J connectivity index is 2.79. The molecule has 0 saturated heterocycles. The van der Waals surface area contributed by atoms with Gasteiger partial charge in [-0.25, -0.2) is 0 Å². The topological polar surface area (TPSA) is 9.23 Å². The zero-order valence-electron chi connectivity index (χ0n) is 15.0. The molecular weight excluding hydrogens is 280 g/mol. The quantitative estimate of drug-likeness (QED) is 0.396. The van der Waals surface area contributed by atoms with Crippen LogP contribution in [-0.2, 0) is 5.41 Å². The van der Waals surface area contributed by atoms with Crippen LogP contribution in [0.5, 0.6) is 5.75 Å². The van der Waals surface area contributed by atoms with Gasteiger partial charge in [0.2, 0.25) is 0 Å². The van der Waals surface area contributed by atoms with Crippen molar-refractivity contribution in [3.8, 4) is 29.9 Å². The van der Waals surface area contributed by atoms with Crippen LogP contribution in [-0.4, -0.2) is 7.11 Å². The third kappa shape index (κ3) is 6.03. The van der Waals surface area contributed by atoms with Crippen LogP contribution in [0.15, 0.2) is 24.3 Å². The molecule has 0 spiro atoms. The van der Waals surface area contributed by atoms with Crippen LogP contribution in [0.3, 0.4) is 0 Å². The molecule has 0 radical (unpaired) electrons. The Hall–Kier alpha value is -1.86. The zero-order chi connectivity index (χ0) is 17.0. The standard InChI is InChI=1S/C22H30O/c1-5-8-10-11-12-13-19-22(7-3,18-9-6-2)20-14-16-21(23-4)17-15-20/h3,14-17H,5,8,10-13,18-19H2,1-2,4H3. The maximum Gasteiger partial charge on any atom is 0.118 e. The first kappa shape index (κ1) is 19.2. The van der Waals surface area contributed by atoms with Crippen LogP contribution >= 0.6 is 0 Å². The van der Waals surface area contributed by atoms with Crippen LogP contribution in [0.25, 0.3) is 0 Å². The number of hydrogen-bond donors (Lipinski definition) is 0. The number of rotatable bonds is 10. The normalized spacial score (nSPS) is 12.6. The Morgan fingerprint density at radius 3 is 2.26 bits per heavy atom. The molecule has 1 atom stereocenters. The lowest BCUT2D eigenvalue weighted by Crippen LogP contribution is -2.23. The molecule has 1 heteroatoms. The summed E-state index contributed by atoms with van der Waals surface area (Å²) in [6.45, 7) is 4.12. The van der Waals surface area contributed by atoms with Gasteiger partial charge in [0.05, 0.1) is 12.5 Å². The molecular formula is C22H30O. The fourth-order valence-corrected chi connectivity index (χ4v) is 2.90. The van der Waals surface area contributed by atoms with E-state index in [-0.39, 0.29) is 5.41 Å². The zero-order valence-corrected chi connectivity index (χ0v) is 15.0. The summed E-state index contributed by atoms with van der Waals surface area (Å²) in [5.41, 5.74) is 0.900. The minimum Gasteiger partial charge on any atom is -0.497 e. The van der Waals surface area contributed by atoms with Crippen molar-refractivity contribution in [2.24, 2.45) is 0 Å². The van der Waals surface area contributed by atoms with Crippen molar-refractivity contribution in [3.63, 3.8) is 0 Å². The molecule has 0 amide bonds. The summed E-state index contributed by atoms with van der Waals surface area (Å²) in [6.07, 6.45) is 15.3. The van der Waals surface area contributed by atoms with Crippen molar-refractivity contribution < 1.29 is 4.74 Å². The van der Waals surface area contributed by atoms with E-state index in [4.69, 9.17) is 11.2 Å². The first-order chi connectivity index (χ1) is 11.2. The maximum atomic E-state index is 5.96. The SMILES string of the molecule is C#CC(CC#CC)(CCCCCCCC)c1ccc(OC)cc1. The van der Waals surface area contributed by atoms with Crippen LogP contribution in [0, 0.1) is 24.2 Å². The fourth-order valence-electron chi connectivity index (χ4n) is 2.90. The Labute approximate surface area is 142 Å². The number of benzene rings is 1. The molecule has 0 aliphatic carbocycles. The predicted octanol–water partition coefficient (Wildman–Crippen LogP) is 5.73. The number of terminal acetylenes is 1. The van der Waals surface area contributed by atoms with Gasteiger partial charge in [0.1, 0.15) is 5.75 Å². The summed E-state index contributed by atoms with van der Waals surface area (Å²) in [7, 11) is 1.68. The second-order valence-electron chi connectivity index (χ2n) is 6.08. The van der Waals surface area contributed by atoms with Crippen LogP contribution in [0.2, 0.25) is 0 Å². The Bertz CT molecular complexity index is 538. The molecule has 1 aromatic rings. The smallest absolute Gasteiger partial charge is 0.118 e. The van der Waals surface area contributed by atoms with Gasteiger partial charge >= 0.3 is 0 Å². The van der Waals surface area contributed by atoms with Gasteiger partial charge in [-0.05, 0) is 31.0 Å². The average molecular weight is 310 g/mol. The van der Waals surface area contributed by atoms with E-state index < -0.39 is 0 Å². The Kier molecular flexibility index (Phi) is 9.01. The summed E-state index contributed by atoms with van der Waals surface area (Å²) in [6, 6.07) is 8.16. The number of methoxy groups -OCH3 is 1. The lowest BCUT2D eigenvalue weighted by atomic mass is 9.74. The molecule has 0 aromatic heterocycles. The highest BCUT2D eigenvalue weighted by Crippen LogP contribution is 2.34. The fraction of sp³-hybridized carbons (Fsp3) is 0.545. The molecule has 0 fully saturated rings. The molecule has 0 saturated carbocycles. The van der Waals surface area contributed by atoms with Gasteiger partial charge in [-0.3, -0.25) is 0 Å². The van der Waals surface area contributed by atoms with E-state index >= 15 is 0 Å². The van der Waals surface area contributed by atoms with Gasteiger partial charge in [0, 0.05) is 6.42 Å². The lowest BCUT2D eigenvalue weighted by Gasteiger charge is -2.27. The van der Waals surface area contributed by atoms with E-state index in [1.807, 2.05) is 19.1 Å². The minimum atomic E-state index is -0.278. The third-order valence-corrected chi connectivity index (χ3v) is 4.44. The van der Waals surface area contributed by atoms with Crippen molar-refractivity contribution in [2.75, 3.05) is 7.11 Å². The highest BCUT2D eigenvalue weighted by atomic mass is 16.5. The Morgan fingerprint density at radius 2 is 1.70 bits per heavy atom. The summed E-state index contributed by atoms with van der Waals surface area (Å²) in [5.74, 6) is 10.1. The van der Waals surface area contributed by atoms with Gasteiger partial charge in [-0.1, -0.05) is 63.5 Å². The lowest BCUT2D eigenvalue weighted by molar-refractivity contribution is 0.413. The van der Waals surface area contributed by atoms with Gasteiger partial charge in [0.15, 0.2) is 0 Å². The van der Waals surface area contributed by atoms with Crippen LogP contribution in [0.1, 0.15) is 70.8 Å². The number of hydrogen-bond acceptors (Lipinski definition) is 1. The molecule has 0 heterocycles. The summed E-state index contributed by atoms with van der Waals surface area (Å²) in [5, 5.41) is 0. The average Bonchev–Trinajstić information content (AvgIpc) is 2.61. The second-order valence-corrected chi connectivity index (χ2v) is 6.08. The maximum absolute atomic E-state index is 5.96. The molecule has 1 aromatic carbocycles. The van der Waals surface area contributed by atoms with Crippen LogP contribution < -0.4 is 4.74 Å². The van der Waals surface area contributed by atoms with E-state index in [0.29, 0.717) is 0 Å². The molecule has 0 bridgehead atoms. The van der Waals surface area contributed by atoms with Crippen LogP contribution in [0.4, 0.5) is 0 Å². The second kappa shape index (κ2) is 10.8.